The van der Waals surface area contributed by atoms with Crippen LogP contribution in [-0.2, 0) is 20.0 Å². The summed E-state index contributed by atoms with van der Waals surface area (Å²) in [6.07, 6.45) is 5.95. The molecule has 26 heavy (non-hydrogen) atoms. The van der Waals surface area contributed by atoms with Crippen LogP contribution in [-0.4, -0.2) is 43.6 Å². The number of nitrogens with one attached hydrogen (secondary N) is 2. The number of methoxy groups -OCH3 is 2. The van der Waals surface area contributed by atoms with Gasteiger partial charge < -0.3 is 20.1 Å². The molecule has 0 aliphatic rings. The number of aromatic nitrogens is 2. The first-order chi connectivity index (χ1) is 12.2. The molecule has 0 atom stereocenters. The van der Waals surface area contributed by atoms with Crippen molar-refractivity contribution in [2.45, 2.75) is 19.4 Å². The van der Waals surface area contributed by atoms with E-state index in [0.29, 0.717) is 6.54 Å². The number of aliphatic imine (C=N–C) groups is 1. The monoisotopic (exact) mass is 473 g/mol. The molecular formula is C18H28IN5O2. The minimum Gasteiger partial charge on any atom is -0.497 e. The average molecular weight is 473 g/mol. The molecule has 1 aromatic carbocycles. The number of ether oxygens (including phenoxy) is 2. The third-order valence-electron chi connectivity index (χ3n) is 3.86. The lowest BCUT2D eigenvalue weighted by Gasteiger charge is -2.14. The molecule has 0 unspecified atom stereocenters. The van der Waals surface area contributed by atoms with Crippen LogP contribution in [0.4, 0.5) is 0 Å². The summed E-state index contributed by atoms with van der Waals surface area (Å²) >= 11 is 0. The van der Waals surface area contributed by atoms with Crippen molar-refractivity contribution in [1.29, 1.82) is 0 Å². The number of hydrogen-bond acceptors (Lipinski definition) is 4. The normalized spacial score (nSPS) is 10.8. The lowest BCUT2D eigenvalue weighted by molar-refractivity contribution is 0.390. The topological polar surface area (TPSA) is 72.7 Å². The Balaban J connectivity index is 0.00000338. The summed E-state index contributed by atoms with van der Waals surface area (Å²) in [5, 5.41) is 10.8. The Morgan fingerprint density at radius 3 is 2.65 bits per heavy atom. The number of rotatable bonds is 8. The van der Waals surface area contributed by atoms with Gasteiger partial charge in [-0.25, -0.2) is 0 Å². The molecule has 1 aromatic heterocycles. The van der Waals surface area contributed by atoms with Gasteiger partial charge >= 0.3 is 0 Å². The van der Waals surface area contributed by atoms with Crippen LogP contribution in [0.25, 0.3) is 0 Å². The van der Waals surface area contributed by atoms with Gasteiger partial charge in [-0.15, -0.1) is 24.0 Å². The fourth-order valence-corrected chi connectivity index (χ4v) is 2.50. The number of halogens is 1. The Labute approximate surface area is 172 Å². The van der Waals surface area contributed by atoms with Gasteiger partial charge in [-0.1, -0.05) is 0 Å². The fraction of sp³-hybridized carbons (Fsp3) is 0.444. The molecule has 7 nitrogen and oxygen atoms in total. The predicted octanol–water partition coefficient (Wildman–Crippen LogP) is 2.35. The Kier molecular flexibility index (Phi) is 9.85. The summed E-state index contributed by atoms with van der Waals surface area (Å²) in [6, 6.07) is 5.78. The van der Waals surface area contributed by atoms with Crippen molar-refractivity contribution >= 4 is 29.9 Å². The number of guanidine groups is 1. The Hall–Kier alpha value is -1.97. The third kappa shape index (κ3) is 6.74. The zero-order chi connectivity index (χ0) is 18.1. The highest BCUT2D eigenvalue weighted by atomic mass is 127. The molecule has 1 heterocycles. The molecule has 0 saturated carbocycles. The van der Waals surface area contributed by atoms with Crippen molar-refractivity contribution in [2.24, 2.45) is 12.0 Å². The summed E-state index contributed by atoms with van der Waals surface area (Å²) in [6.45, 7) is 1.46. The first kappa shape index (κ1) is 22.1. The van der Waals surface area contributed by atoms with Gasteiger partial charge in [-0.3, -0.25) is 9.67 Å². The second kappa shape index (κ2) is 11.6. The average Bonchev–Trinajstić information content (AvgIpc) is 3.06. The minimum absolute atomic E-state index is 0. The predicted molar refractivity (Wildman–Crippen MR) is 115 cm³/mol. The van der Waals surface area contributed by atoms with E-state index in [4.69, 9.17) is 9.47 Å². The molecule has 144 valence electrons. The standard InChI is InChI=1S/C18H27N5O2.HI/c1-19-18(20-9-5-6-14-11-22-23(2)13-14)21-12-15-7-8-16(24-3)10-17(15)25-4;/h7-8,10-11,13H,5-6,9,12H2,1-4H3,(H2,19,20,21);1H. The first-order valence-corrected chi connectivity index (χ1v) is 8.29. The highest BCUT2D eigenvalue weighted by molar-refractivity contribution is 14.0. The number of hydrogen-bond donors (Lipinski definition) is 2. The maximum absolute atomic E-state index is 5.42. The molecular weight excluding hydrogens is 445 g/mol. The van der Waals surface area contributed by atoms with Gasteiger partial charge in [-0.2, -0.15) is 5.10 Å². The molecule has 0 saturated heterocycles. The summed E-state index contributed by atoms with van der Waals surface area (Å²) in [4.78, 5) is 4.25. The van der Waals surface area contributed by atoms with E-state index in [1.165, 1.54) is 5.56 Å². The van der Waals surface area contributed by atoms with E-state index >= 15 is 0 Å². The van der Waals surface area contributed by atoms with Gasteiger partial charge in [0.25, 0.3) is 0 Å². The second-order valence-electron chi connectivity index (χ2n) is 5.66. The van der Waals surface area contributed by atoms with Gasteiger partial charge in [0.2, 0.25) is 0 Å². The SMILES string of the molecule is CN=C(NCCCc1cnn(C)c1)NCc1ccc(OC)cc1OC.I. The summed E-state index contributed by atoms with van der Waals surface area (Å²) in [7, 11) is 7.00. The van der Waals surface area contributed by atoms with Crippen LogP contribution in [0.1, 0.15) is 17.5 Å². The van der Waals surface area contributed by atoms with Crippen molar-refractivity contribution in [2.75, 3.05) is 27.8 Å². The van der Waals surface area contributed by atoms with E-state index in [0.717, 1.165) is 42.4 Å². The van der Waals surface area contributed by atoms with Gasteiger partial charge in [0, 0.05) is 45.0 Å². The fourth-order valence-electron chi connectivity index (χ4n) is 2.50. The van der Waals surface area contributed by atoms with Crippen molar-refractivity contribution in [1.82, 2.24) is 20.4 Å². The molecule has 2 aromatic rings. The Morgan fingerprint density at radius 1 is 1.23 bits per heavy atom. The second-order valence-corrected chi connectivity index (χ2v) is 5.66. The Bertz CT molecular complexity index is 703. The van der Waals surface area contributed by atoms with Crippen LogP contribution in [0.15, 0.2) is 35.6 Å². The van der Waals surface area contributed by atoms with Crippen molar-refractivity contribution in [3.05, 3.63) is 41.7 Å². The van der Waals surface area contributed by atoms with E-state index in [1.54, 1.807) is 21.3 Å². The molecule has 0 amide bonds. The maximum atomic E-state index is 5.42. The molecule has 0 fully saturated rings. The van der Waals surface area contributed by atoms with Crippen LogP contribution in [0.3, 0.4) is 0 Å². The van der Waals surface area contributed by atoms with Crippen molar-refractivity contribution < 1.29 is 9.47 Å². The molecule has 0 aliphatic carbocycles. The van der Waals surface area contributed by atoms with Crippen LogP contribution in [0.5, 0.6) is 11.5 Å². The van der Waals surface area contributed by atoms with Crippen molar-refractivity contribution in [3.63, 3.8) is 0 Å². The molecule has 8 heteroatoms. The summed E-state index contributed by atoms with van der Waals surface area (Å²) in [5.74, 6) is 2.33. The maximum Gasteiger partial charge on any atom is 0.191 e. The van der Waals surface area contributed by atoms with E-state index in [-0.39, 0.29) is 24.0 Å². The summed E-state index contributed by atoms with van der Waals surface area (Å²) < 4.78 is 12.5. The van der Waals surface area contributed by atoms with E-state index in [1.807, 2.05) is 42.3 Å². The zero-order valence-corrected chi connectivity index (χ0v) is 18.1. The van der Waals surface area contributed by atoms with Gasteiger partial charge in [0.1, 0.15) is 11.5 Å². The lowest BCUT2D eigenvalue weighted by Crippen LogP contribution is -2.37. The molecule has 2 rings (SSSR count). The van der Waals surface area contributed by atoms with E-state index in [9.17, 15) is 0 Å². The molecule has 2 N–H and O–H groups in total. The van der Waals surface area contributed by atoms with Crippen molar-refractivity contribution in [3.8, 4) is 11.5 Å². The Morgan fingerprint density at radius 2 is 2.04 bits per heavy atom. The highest BCUT2D eigenvalue weighted by Crippen LogP contribution is 2.24. The summed E-state index contributed by atoms with van der Waals surface area (Å²) in [5.41, 5.74) is 2.29. The number of benzene rings is 1. The minimum atomic E-state index is 0. The van der Waals surface area contributed by atoms with Gasteiger partial charge in [0.15, 0.2) is 5.96 Å². The van der Waals surface area contributed by atoms with Crippen LogP contribution < -0.4 is 20.1 Å². The first-order valence-electron chi connectivity index (χ1n) is 8.29. The quantitative estimate of drug-likeness (QED) is 0.267. The molecule has 0 spiro atoms. The smallest absolute Gasteiger partial charge is 0.191 e. The third-order valence-corrected chi connectivity index (χ3v) is 3.86. The molecule has 0 radical (unpaired) electrons. The van der Waals surface area contributed by atoms with Crippen LogP contribution >= 0.6 is 24.0 Å². The molecule has 0 aliphatic heterocycles. The van der Waals surface area contributed by atoms with E-state index < -0.39 is 0 Å². The van der Waals surface area contributed by atoms with Gasteiger partial charge in [-0.05, 0) is 30.5 Å². The zero-order valence-electron chi connectivity index (χ0n) is 15.8. The van der Waals surface area contributed by atoms with Crippen LogP contribution in [0, 0.1) is 0 Å². The number of nitrogens with zero attached hydrogens (tertiary/aromatic N) is 3. The van der Waals surface area contributed by atoms with Crippen LogP contribution in [0.2, 0.25) is 0 Å². The molecule has 0 bridgehead atoms. The van der Waals surface area contributed by atoms with Gasteiger partial charge in [0.05, 0.1) is 20.4 Å². The largest absolute Gasteiger partial charge is 0.497 e. The van der Waals surface area contributed by atoms with E-state index in [2.05, 4.69) is 20.7 Å². The highest BCUT2D eigenvalue weighted by Gasteiger charge is 2.06. The number of aryl methyl sites for hydroxylation is 2. The lowest BCUT2D eigenvalue weighted by atomic mass is 10.2.